The lowest BCUT2D eigenvalue weighted by Gasteiger charge is -2.07. The van der Waals surface area contributed by atoms with E-state index in [1.807, 2.05) is 24.3 Å². The van der Waals surface area contributed by atoms with Gasteiger partial charge in [0.25, 0.3) is 5.56 Å². The minimum absolute atomic E-state index is 0.0919. The van der Waals surface area contributed by atoms with Crippen molar-refractivity contribution < 1.29 is 0 Å². The van der Waals surface area contributed by atoms with Crippen molar-refractivity contribution in [2.75, 3.05) is 0 Å². The molecule has 0 atom stereocenters. The Labute approximate surface area is 112 Å². The van der Waals surface area contributed by atoms with Gasteiger partial charge in [-0.3, -0.25) is 9.78 Å². The normalized spacial score (nSPS) is 11.2. The number of aromatic nitrogens is 2. The van der Waals surface area contributed by atoms with Crippen LogP contribution in [-0.2, 0) is 6.42 Å². The van der Waals surface area contributed by atoms with E-state index in [0.29, 0.717) is 5.39 Å². The lowest BCUT2D eigenvalue weighted by atomic mass is 10.0. The lowest BCUT2D eigenvalue weighted by Crippen LogP contribution is -2.07. The number of benzene rings is 1. The van der Waals surface area contributed by atoms with Crippen LogP contribution in [-0.4, -0.2) is 9.97 Å². The zero-order valence-electron chi connectivity index (χ0n) is 9.83. The van der Waals surface area contributed by atoms with Gasteiger partial charge < -0.3 is 4.98 Å². The van der Waals surface area contributed by atoms with Crippen LogP contribution in [0.2, 0.25) is 0 Å². The van der Waals surface area contributed by atoms with Gasteiger partial charge in [0, 0.05) is 21.7 Å². The van der Waals surface area contributed by atoms with Crippen molar-refractivity contribution in [3.05, 3.63) is 51.0 Å². The quantitative estimate of drug-likeness (QED) is 0.700. The lowest BCUT2D eigenvalue weighted by molar-refractivity contribution is 1.07. The number of nitrogens with one attached hydrogen (secondary N) is 1. The van der Waals surface area contributed by atoms with Crippen molar-refractivity contribution in [1.29, 1.82) is 0 Å². The summed E-state index contributed by atoms with van der Waals surface area (Å²) in [4.78, 5) is 19.3. The first-order chi connectivity index (χ1) is 8.70. The molecule has 3 aromatic rings. The van der Waals surface area contributed by atoms with Gasteiger partial charge in [-0.05, 0) is 30.0 Å². The molecule has 4 heteroatoms. The second-order valence-electron chi connectivity index (χ2n) is 4.17. The Kier molecular flexibility index (Phi) is 2.67. The zero-order valence-corrected chi connectivity index (χ0v) is 11.4. The van der Waals surface area contributed by atoms with Gasteiger partial charge in [0.15, 0.2) is 0 Å². The molecule has 0 aliphatic rings. The van der Waals surface area contributed by atoms with Crippen molar-refractivity contribution >= 4 is 37.6 Å². The molecule has 18 heavy (non-hydrogen) atoms. The zero-order chi connectivity index (χ0) is 12.7. The predicted molar refractivity (Wildman–Crippen MR) is 76.9 cm³/mol. The highest BCUT2D eigenvalue weighted by Crippen LogP contribution is 2.27. The fourth-order valence-electron chi connectivity index (χ4n) is 2.27. The Bertz CT molecular complexity index is 808. The summed E-state index contributed by atoms with van der Waals surface area (Å²) in [5, 5.41) is 2.66. The standard InChI is InChI=1S/C14H11BrN2O/c1-2-11-9-4-3-8(15)7-10(9)13-12(17-11)5-6-16-14(13)18/h3-7H,2H2,1H3,(H,16,18). The van der Waals surface area contributed by atoms with Gasteiger partial charge in [-0.25, -0.2) is 0 Å². The van der Waals surface area contributed by atoms with Gasteiger partial charge in [-0.15, -0.1) is 0 Å². The Morgan fingerprint density at radius 2 is 2.11 bits per heavy atom. The summed E-state index contributed by atoms with van der Waals surface area (Å²) >= 11 is 3.46. The number of hydrogen-bond acceptors (Lipinski definition) is 2. The van der Waals surface area contributed by atoms with Crippen LogP contribution in [0.5, 0.6) is 0 Å². The molecular formula is C14H11BrN2O. The molecular weight excluding hydrogens is 292 g/mol. The molecule has 0 fully saturated rings. The first-order valence-corrected chi connectivity index (χ1v) is 6.59. The van der Waals surface area contributed by atoms with E-state index in [9.17, 15) is 4.79 Å². The van der Waals surface area contributed by atoms with Gasteiger partial charge in [0.1, 0.15) is 0 Å². The smallest absolute Gasteiger partial charge is 0.258 e. The number of rotatable bonds is 1. The van der Waals surface area contributed by atoms with Crippen molar-refractivity contribution in [2.45, 2.75) is 13.3 Å². The second-order valence-corrected chi connectivity index (χ2v) is 5.08. The van der Waals surface area contributed by atoms with Crippen LogP contribution >= 0.6 is 15.9 Å². The second kappa shape index (κ2) is 4.21. The summed E-state index contributed by atoms with van der Waals surface area (Å²) in [5.74, 6) is 0. The number of aryl methyl sites for hydroxylation is 1. The van der Waals surface area contributed by atoms with Gasteiger partial charge in [0.2, 0.25) is 0 Å². The molecule has 3 nitrogen and oxygen atoms in total. The average molecular weight is 303 g/mol. The van der Waals surface area contributed by atoms with Crippen molar-refractivity contribution in [3.63, 3.8) is 0 Å². The third kappa shape index (κ3) is 1.64. The highest BCUT2D eigenvalue weighted by molar-refractivity contribution is 9.10. The summed E-state index contributed by atoms with van der Waals surface area (Å²) in [6, 6.07) is 7.81. The maximum atomic E-state index is 12.0. The highest BCUT2D eigenvalue weighted by Gasteiger charge is 2.09. The van der Waals surface area contributed by atoms with E-state index in [4.69, 9.17) is 0 Å². The molecule has 0 saturated heterocycles. The molecule has 0 amide bonds. The molecule has 0 unspecified atom stereocenters. The molecule has 0 bridgehead atoms. The first-order valence-electron chi connectivity index (χ1n) is 5.80. The minimum atomic E-state index is -0.0919. The fraction of sp³-hybridized carbons (Fsp3) is 0.143. The number of hydrogen-bond donors (Lipinski definition) is 1. The van der Waals surface area contributed by atoms with Crippen LogP contribution in [0, 0.1) is 0 Å². The number of fused-ring (bicyclic) bond motifs is 3. The molecule has 2 aromatic heterocycles. The molecule has 1 aromatic carbocycles. The van der Waals surface area contributed by atoms with E-state index >= 15 is 0 Å². The minimum Gasteiger partial charge on any atom is -0.328 e. The van der Waals surface area contributed by atoms with Crippen molar-refractivity contribution in [3.8, 4) is 0 Å². The number of nitrogens with zero attached hydrogens (tertiary/aromatic N) is 1. The van der Waals surface area contributed by atoms with Gasteiger partial charge >= 0.3 is 0 Å². The topological polar surface area (TPSA) is 45.8 Å². The number of aromatic amines is 1. The third-order valence-corrected chi connectivity index (χ3v) is 3.58. The van der Waals surface area contributed by atoms with E-state index in [1.54, 1.807) is 6.20 Å². The number of pyridine rings is 2. The monoisotopic (exact) mass is 302 g/mol. The van der Waals surface area contributed by atoms with Crippen LogP contribution in [0.3, 0.4) is 0 Å². The van der Waals surface area contributed by atoms with E-state index in [1.165, 1.54) is 0 Å². The Hall–Kier alpha value is -1.68. The van der Waals surface area contributed by atoms with Crippen LogP contribution in [0.15, 0.2) is 39.7 Å². The van der Waals surface area contributed by atoms with E-state index in [2.05, 4.69) is 32.8 Å². The van der Waals surface area contributed by atoms with Crippen LogP contribution in [0.1, 0.15) is 12.6 Å². The fourth-order valence-corrected chi connectivity index (χ4v) is 2.63. The summed E-state index contributed by atoms with van der Waals surface area (Å²) < 4.78 is 0.966. The molecule has 0 aliphatic carbocycles. The van der Waals surface area contributed by atoms with Gasteiger partial charge in [0.05, 0.1) is 10.9 Å². The van der Waals surface area contributed by atoms with Gasteiger partial charge in [-0.1, -0.05) is 28.9 Å². The van der Waals surface area contributed by atoms with Crippen LogP contribution in [0.4, 0.5) is 0 Å². The van der Waals surface area contributed by atoms with Crippen LogP contribution < -0.4 is 5.56 Å². The molecule has 3 rings (SSSR count). The van der Waals surface area contributed by atoms with E-state index < -0.39 is 0 Å². The predicted octanol–water partition coefficient (Wildman–Crippen LogP) is 3.40. The molecule has 0 saturated carbocycles. The van der Waals surface area contributed by atoms with Crippen LogP contribution in [0.25, 0.3) is 21.7 Å². The molecule has 90 valence electrons. The highest BCUT2D eigenvalue weighted by atomic mass is 79.9. The van der Waals surface area contributed by atoms with Crippen molar-refractivity contribution in [2.24, 2.45) is 0 Å². The SMILES string of the molecule is CCc1nc2cc[nH]c(=O)c2c2cc(Br)ccc12. The maximum absolute atomic E-state index is 12.0. The summed E-state index contributed by atoms with van der Waals surface area (Å²) in [7, 11) is 0. The number of halogens is 1. The summed E-state index contributed by atoms with van der Waals surface area (Å²) in [6.45, 7) is 2.07. The van der Waals surface area contributed by atoms with E-state index in [-0.39, 0.29) is 5.56 Å². The van der Waals surface area contributed by atoms with Crippen molar-refractivity contribution in [1.82, 2.24) is 9.97 Å². The van der Waals surface area contributed by atoms with E-state index in [0.717, 1.165) is 32.9 Å². The number of H-pyrrole nitrogens is 1. The molecule has 0 radical (unpaired) electrons. The Morgan fingerprint density at radius 1 is 1.28 bits per heavy atom. The molecule has 2 heterocycles. The first kappa shape index (κ1) is 11.4. The largest absolute Gasteiger partial charge is 0.328 e. The average Bonchev–Trinajstić information content (AvgIpc) is 2.37. The summed E-state index contributed by atoms with van der Waals surface area (Å²) in [5.41, 5.74) is 1.68. The third-order valence-electron chi connectivity index (χ3n) is 3.09. The molecule has 0 spiro atoms. The Balaban J connectivity index is 2.65. The summed E-state index contributed by atoms with van der Waals surface area (Å²) in [6.07, 6.45) is 2.49. The molecule has 1 N–H and O–H groups in total. The Morgan fingerprint density at radius 3 is 2.89 bits per heavy atom. The maximum Gasteiger partial charge on any atom is 0.258 e. The van der Waals surface area contributed by atoms with Gasteiger partial charge in [-0.2, -0.15) is 0 Å². The molecule has 0 aliphatic heterocycles.